The van der Waals surface area contributed by atoms with Gasteiger partial charge in [-0.2, -0.15) is 0 Å². The molecule has 116 valence electrons. The van der Waals surface area contributed by atoms with Crippen LogP contribution in [0.5, 0.6) is 0 Å². The Morgan fingerprint density at radius 2 is 2.00 bits per heavy atom. The third kappa shape index (κ3) is 4.30. The Morgan fingerprint density at radius 1 is 1.38 bits per heavy atom. The quantitative estimate of drug-likeness (QED) is 0.700. The summed E-state index contributed by atoms with van der Waals surface area (Å²) in [6.45, 7) is 3.86. The number of aromatic nitrogens is 2. The number of carbonyl (C=O) groups excluding carboxylic acids is 2. The summed E-state index contributed by atoms with van der Waals surface area (Å²) in [5, 5.41) is 11.5. The molecule has 8 heteroatoms. The molecule has 0 aromatic carbocycles. The van der Waals surface area contributed by atoms with E-state index in [1.165, 1.54) is 4.90 Å². The van der Waals surface area contributed by atoms with Crippen LogP contribution in [0.15, 0.2) is 6.33 Å². The molecule has 0 aliphatic heterocycles. The van der Waals surface area contributed by atoms with Crippen LogP contribution in [0.1, 0.15) is 41.2 Å². The first-order valence-corrected chi connectivity index (χ1v) is 6.52. The molecule has 1 atom stereocenters. The van der Waals surface area contributed by atoms with Gasteiger partial charge in [0.15, 0.2) is 11.4 Å². The second-order valence-corrected chi connectivity index (χ2v) is 5.32. The predicted molar refractivity (Wildman–Crippen MR) is 75.0 cm³/mol. The maximum absolute atomic E-state index is 12.1. The van der Waals surface area contributed by atoms with Gasteiger partial charge in [0.2, 0.25) is 5.91 Å². The average molecular weight is 296 g/mol. The number of imidazole rings is 1. The van der Waals surface area contributed by atoms with Gasteiger partial charge in [-0.05, 0) is 12.3 Å². The number of hydrogen-bond acceptors (Lipinski definition) is 4. The lowest BCUT2D eigenvalue weighted by atomic mass is 10.0. The number of rotatable bonds is 6. The molecule has 1 aromatic rings. The SMILES string of the molecule is CC(C)CC(NC(=O)c1nc[nH]c1C(=O)O)C(=O)N(C)C. The van der Waals surface area contributed by atoms with E-state index in [4.69, 9.17) is 5.11 Å². The van der Waals surface area contributed by atoms with E-state index in [0.717, 1.165) is 6.33 Å². The summed E-state index contributed by atoms with van der Waals surface area (Å²) in [5.41, 5.74) is -0.532. The van der Waals surface area contributed by atoms with Crippen molar-refractivity contribution >= 4 is 17.8 Å². The molecule has 0 bridgehead atoms. The second-order valence-electron chi connectivity index (χ2n) is 5.32. The normalized spacial score (nSPS) is 12.0. The topological polar surface area (TPSA) is 115 Å². The van der Waals surface area contributed by atoms with E-state index in [0.29, 0.717) is 6.42 Å². The molecule has 8 nitrogen and oxygen atoms in total. The minimum atomic E-state index is -1.28. The van der Waals surface area contributed by atoms with E-state index < -0.39 is 17.9 Å². The highest BCUT2D eigenvalue weighted by Crippen LogP contribution is 2.09. The molecule has 0 fully saturated rings. The number of hydrogen-bond donors (Lipinski definition) is 3. The fourth-order valence-electron chi connectivity index (χ4n) is 1.86. The predicted octanol–water partition coefficient (Wildman–Crippen LogP) is 0.341. The van der Waals surface area contributed by atoms with Crippen molar-refractivity contribution in [2.24, 2.45) is 5.92 Å². The lowest BCUT2D eigenvalue weighted by molar-refractivity contribution is -0.131. The number of carboxylic acids is 1. The van der Waals surface area contributed by atoms with Crippen molar-refractivity contribution in [3.8, 4) is 0 Å². The molecular weight excluding hydrogens is 276 g/mol. The van der Waals surface area contributed by atoms with Crippen molar-refractivity contribution in [2.75, 3.05) is 14.1 Å². The minimum Gasteiger partial charge on any atom is -0.477 e. The van der Waals surface area contributed by atoms with Crippen molar-refractivity contribution < 1.29 is 19.5 Å². The molecule has 0 aliphatic rings. The third-order valence-electron chi connectivity index (χ3n) is 2.82. The van der Waals surface area contributed by atoms with Crippen LogP contribution in [0.4, 0.5) is 0 Å². The maximum Gasteiger partial charge on any atom is 0.354 e. The molecule has 1 aromatic heterocycles. The first-order valence-electron chi connectivity index (χ1n) is 6.52. The zero-order valence-electron chi connectivity index (χ0n) is 12.5. The highest BCUT2D eigenvalue weighted by Gasteiger charge is 2.27. The van der Waals surface area contributed by atoms with Gasteiger partial charge in [0.05, 0.1) is 6.33 Å². The van der Waals surface area contributed by atoms with Crippen LogP contribution in [0.25, 0.3) is 0 Å². The Balaban J connectivity index is 2.92. The van der Waals surface area contributed by atoms with E-state index in [9.17, 15) is 14.4 Å². The molecule has 0 aliphatic carbocycles. The first kappa shape index (κ1) is 16.7. The van der Waals surface area contributed by atoms with Crippen molar-refractivity contribution in [1.29, 1.82) is 0 Å². The minimum absolute atomic E-state index is 0.192. The molecule has 0 saturated heterocycles. The van der Waals surface area contributed by atoms with Gasteiger partial charge in [-0.1, -0.05) is 13.8 Å². The molecule has 1 heterocycles. The van der Waals surface area contributed by atoms with Crippen molar-refractivity contribution in [3.63, 3.8) is 0 Å². The molecule has 3 N–H and O–H groups in total. The Labute approximate surface area is 122 Å². The number of carbonyl (C=O) groups is 3. The van der Waals surface area contributed by atoms with Crippen LogP contribution < -0.4 is 5.32 Å². The van der Waals surface area contributed by atoms with Gasteiger partial charge in [-0.15, -0.1) is 0 Å². The zero-order chi connectivity index (χ0) is 16.2. The standard InChI is InChI=1S/C13H20N4O4/c1-7(2)5-8(12(19)17(3)4)16-11(18)9-10(13(20)21)15-6-14-9/h6-8H,5H2,1-4H3,(H,14,15)(H,16,18)(H,20,21). The van der Waals surface area contributed by atoms with Crippen LogP contribution in [0.2, 0.25) is 0 Å². The van der Waals surface area contributed by atoms with Gasteiger partial charge in [0, 0.05) is 14.1 Å². The number of H-pyrrole nitrogens is 1. The summed E-state index contributed by atoms with van der Waals surface area (Å²) in [6.07, 6.45) is 1.58. The van der Waals surface area contributed by atoms with Gasteiger partial charge in [-0.25, -0.2) is 9.78 Å². The number of carboxylic acid groups (broad SMARTS) is 1. The van der Waals surface area contributed by atoms with Crippen molar-refractivity contribution in [3.05, 3.63) is 17.7 Å². The number of amides is 2. The Hall–Kier alpha value is -2.38. The van der Waals surface area contributed by atoms with Crippen LogP contribution in [-0.4, -0.2) is 57.9 Å². The van der Waals surface area contributed by atoms with Gasteiger partial charge in [0.25, 0.3) is 5.91 Å². The summed E-state index contributed by atoms with van der Waals surface area (Å²) in [5.74, 6) is -2.02. The molecule has 21 heavy (non-hydrogen) atoms. The van der Waals surface area contributed by atoms with Gasteiger partial charge in [0.1, 0.15) is 6.04 Å². The van der Waals surface area contributed by atoms with E-state index >= 15 is 0 Å². The summed E-state index contributed by atoms with van der Waals surface area (Å²) in [4.78, 5) is 42.6. The van der Waals surface area contributed by atoms with Crippen LogP contribution in [0, 0.1) is 5.92 Å². The monoisotopic (exact) mass is 296 g/mol. The molecule has 1 unspecified atom stereocenters. The van der Waals surface area contributed by atoms with Gasteiger partial charge >= 0.3 is 5.97 Å². The van der Waals surface area contributed by atoms with E-state index in [1.54, 1.807) is 14.1 Å². The van der Waals surface area contributed by atoms with Gasteiger partial charge < -0.3 is 20.3 Å². The van der Waals surface area contributed by atoms with Crippen LogP contribution in [-0.2, 0) is 4.79 Å². The van der Waals surface area contributed by atoms with Crippen molar-refractivity contribution in [2.45, 2.75) is 26.3 Å². The Morgan fingerprint density at radius 3 is 2.48 bits per heavy atom. The van der Waals surface area contributed by atoms with Gasteiger partial charge in [-0.3, -0.25) is 9.59 Å². The number of nitrogens with one attached hydrogen (secondary N) is 2. The zero-order valence-corrected chi connectivity index (χ0v) is 12.5. The third-order valence-corrected chi connectivity index (χ3v) is 2.82. The van der Waals surface area contributed by atoms with E-state index in [-0.39, 0.29) is 23.2 Å². The second kappa shape index (κ2) is 6.87. The molecule has 2 amide bonds. The van der Waals surface area contributed by atoms with E-state index in [2.05, 4.69) is 15.3 Å². The average Bonchev–Trinajstić information content (AvgIpc) is 2.85. The number of aromatic carboxylic acids is 1. The van der Waals surface area contributed by atoms with Crippen molar-refractivity contribution in [1.82, 2.24) is 20.2 Å². The number of nitrogens with zero attached hydrogens (tertiary/aromatic N) is 2. The Bertz CT molecular complexity index is 536. The van der Waals surface area contributed by atoms with Crippen LogP contribution >= 0.6 is 0 Å². The summed E-state index contributed by atoms with van der Waals surface area (Å²) < 4.78 is 0. The highest BCUT2D eigenvalue weighted by atomic mass is 16.4. The summed E-state index contributed by atoms with van der Waals surface area (Å²) >= 11 is 0. The van der Waals surface area contributed by atoms with E-state index in [1.807, 2.05) is 13.8 Å². The number of aromatic amines is 1. The lowest BCUT2D eigenvalue weighted by Crippen LogP contribution is -2.47. The molecule has 0 spiro atoms. The molecular formula is C13H20N4O4. The summed E-state index contributed by atoms with van der Waals surface area (Å²) in [6, 6.07) is -0.717. The smallest absolute Gasteiger partial charge is 0.354 e. The maximum atomic E-state index is 12.1. The highest BCUT2D eigenvalue weighted by molar-refractivity contribution is 6.03. The number of likely N-dealkylation sites (N-methyl/N-ethyl adjacent to an activating group) is 1. The Kier molecular flexibility index (Phi) is 5.45. The fraction of sp³-hybridized carbons (Fsp3) is 0.538. The molecule has 0 radical (unpaired) electrons. The fourth-order valence-corrected chi connectivity index (χ4v) is 1.86. The molecule has 1 rings (SSSR count). The lowest BCUT2D eigenvalue weighted by Gasteiger charge is -2.22. The first-order chi connectivity index (χ1) is 9.73. The summed E-state index contributed by atoms with van der Waals surface area (Å²) in [7, 11) is 3.19. The largest absolute Gasteiger partial charge is 0.477 e. The molecule has 0 saturated carbocycles. The van der Waals surface area contributed by atoms with Crippen LogP contribution in [0.3, 0.4) is 0 Å².